The van der Waals surface area contributed by atoms with E-state index in [1.54, 1.807) is 97.1 Å². The van der Waals surface area contributed by atoms with Crippen molar-refractivity contribution in [2.24, 2.45) is 0 Å². The lowest BCUT2D eigenvalue weighted by Gasteiger charge is -2.25. The molecule has 0 spiro atoms. The highest BCUT2D eigenvalue weighted by molar-refractivity contribution is 5.91. The summed E-state index contributed by atoms with van der Waals surface area (Å²) in [6.07, 6.45) is -6.08. The van der Waals surface area contributed by atoms with E-state index in [0.717, 1.165) is 0 Å². The molecule has 2 amide bonds. The molecular weight excluding hydrogens is 712 g/mol. The quantitative estimate of drug-likeness (QED) is 0.0928. The predicted molar refractivity (Wildman–Crippen MR) is 194 cm³/mol. The Kier molecular flexibility index (Phi) is 14.2. The van der Waals surface area contributed by atoms with E-state index in [1.165, 1.54) is 30.3 Å². The Hall–Kier alpha value is -6.80. The molecule has 1 fully saturated rings. The molecule has 0 bridgehead atoms. The SMILES string of the molecule is C=CCOC(=O)[C@H](CC(=O)N[C@H]1O[C@H](COC(=O)c2ccccc2)[C@@H](OC(=O)c2ccccc2)[C@H]1OC(=O)c1ccccc1)NC(=O)OCc1ccccc1. The first-order chi connectivity index (χ1) is 26.7. The number of carbonyl (C=O) groups is 6. The fraction of sp³-hybridized carbons (Fsp3) is 0.220. The third kappa shape index (κ3) is 11.6. The van der Waals surface area contributed by atoms with Crippen molar-refractivity contribution in [1.29, 1.82) is 0 Å². The number of alkyl carbamates (subject to hydrolysis) is 1. The molecule has 5 atom stereocenters. The van der Waals surface area contributed by atoms with Crippen LogP contribution in [-0.2, 0) is 44.6 Å². The summed E-state index contributed by atoms with van der Waals surface area (Å²) in [5.74, 6) is -4.21. The van der Waals surface area contributed by atoms with Gasteiger partial charge in [0.2, 0.25) is 5.91 Å². The molecule has 1 aliphatic heterocycles. The van der Waals surface area contributed by atoms with Crippen molar-refractivity contribution in [3.05, 3.63) is 156 Å². The van der Waals surface area contributed by atoms with Crippen LogP contribution in [0.2, 0.25) is 0 Å². The summed E-state index contributed by atoms with van der Waals surface area (Å²) in [4.78, 5) is 78.9. The Labute approximate surface area is 316 Å². The second-order valence-corrected chi connectivity index (χ2v) is 12.0. The smallest absolute Gasteiger partial charge is 0.408 e. The minimum atomic E-state index is -1.54. The normalized spacial score (nSPS) is 17.7. The lowest BCUT2D eigenvalue weighted by Crippen LogP contribution is -2.50. The molecule has 4 aromatic carbocycles. The van der Waals surface area contributed by atoms with E-state index in [4.69, 9.17) is 28.4 Å². The third-order valence-corrected chi connectivity index (χ3v) is 8.03. The van der Waals surface area contributed by atoms with Gasteiger partial charge in [0.05, 0.1) is 23.1 Å². The van der Waals surface area contributed by atoms with Crippen molar-refractivity contribution in [2.75, 3.05) is 13.2 Å². The van der Waals surface area contributed by atoms with Gasteiger partial charge in [-0.1, -0.05) is 97.6 Å². The largest absolute Gasteiger partial charge is 0.460 e. The molecule has 284 valence electrons. The molecule has 4 aromatic rings. The van der Waals surface area contributed by atoms with Gasteiger partial charge in [0.1, 0.15) is 32.0 Å². The van der Waals surface area contributed by atoms with Crippen molar-refractivity contribution >= 4 is 35.9 Å². The third-order valence-electron chi connectivity index (χ3n) is 8.03. The van der Waals surface area contributed by atoms with Gasteiger partial charge in [-0.25, -0.2) is 24.0 Å². The molecule has 0 unspecified atom stereocenters. The molecule has 55 heavy (non-hydrogen) atoms. The average molecular weight is 751 g/mol. The second-order valence-electron chi connectivity index (χ2n) is 12.0. The van der Waals surface area contributed by atoms with Gasteiger partial charge in [-0.05, 0) is 42.0 Å². The fourth-order valence-corrected chi connectivity index (χ4v) is 5.34. The highest BCUT2D eigenvalue weighted by Gasteiger charge is 2.51. The number of esters is 4. The Morgan fingerprint density at radius 1 is 0.655 bits per heavy atom. The summed E-state index contributed by atoms with van der Waals surface area (Å²) in [6, 6.07) is 31.2. The van der Waals surface area contributed by atoms with Crippen molar-refractivity contribution < 1.29 is 57.2 Å². The first kappa shape index (κ1) is 39.4. The number of nitrogens with one attached hydrogen (secondary N) is 2. The van der Waals surface area contributed by atoms with E-state index in [0.29, 0.717) is 5.56 Å². The standard InChI is InChI=1S/C41H38N2O12/c1-2-23-50-40(48)31(42-41(49)52-25-27-15-7-3-8-16-27)24-33(44)43-36-35(55-39(47)30-21-13-6-14-22-30)34(54-38(46)29-19-11-5-12-20-29)32(53-36)26-51-37(45)28-17-9-4-10-18-28/h2-22,31-32,34-36H,1,23-26H2,(H,42,49)(H,43,44)/t31-,32+,34+,35+,36-/m0/s1. The highest BCUT2D eigenvalue weighted by atomic mass is 16.7. The predicted octanol–water partition coefficient (Wildman–Crippen LogP) is 4.55. The Morgan fingerprint density at radius 2 is 1.16 bits per heavy atom. The van der Waals surface area contributed by atoms with E-state index in [-0.39, 0.29) is 29.9 Å². The van der Waals surface area contributed by atoms with Crippen LogP contribution < -0.4 is 10.6 Å². The minimum absolute atomic E-state index is 0.114. The number of hydrogen-bond acceptors (Lipinski definition) is 12. The number of hydrogen-bond donors (Lipinski definition) is 2. The number of benzene rings is 4. The van der Waals surface area contributed by atoms with Gasteiger partial charge in [0.15, 0.2) is 18.4 Å². The molecule has 1 heterocycles. The fourth-order valence-electron chi connectivity index (χ4n) is 5.34. The molecule has 14 heteroatoms. The molecule has 0 aliphatic carbocycles. The van der Waals surface area contributed by atoms with Gasteiger partial charge in [-0.2, -0.15) is 0 Å². The first-order valence-corrected chi connectivity index (χ1v) is 17.2. The Morgan fingerprint density at radius 3 is 1.71 bits per heavy atom. The van der Waals surface area contributed by atoms with E-state index in [1.807, 2.05) is 0 Å². The molecule has 0 saturated carbocycles. The molecular formula is C41H38N2O12. The number of carbonyl (C=O) groups excluding carboxylic acids is 6. The van der Waals surface area contributed by atoms with Crippen molar-refractivity contribution in [1.82, 2.24) is 10.6 Å². The lowest BCUT2D eigenvalue weighted by atomic mass is 10.1. The summed E-state index contributed by atoms with van der Waals surface area (Å²) in [7, 11) is 0. The van der Waals surface area contributed by atoms with E-state index in [9.17, 15) is 28.8 Å². The summed E-state index contributed by atoms with van der Waals surface area (Å²) in [6.45, 7) is 2.69. The second kappa shape index (κ2) is 19.9. The zero-order chi connectivity index (χ0) is 39.0. The first-order valence-electron chi connectivity index (χ1n) is 17.2. The van der Waals surface area contributed by atoms with Crippen LogP contribution in [0.5, 0.6) is 0 Å². The van der Waals surface area contributed by atoms with E-state index < -0.39 is 79.5 Å². The monoisotopic (exact) mass is 750 g/mol. The van der Waals surface area contributed by atoms with Crippen molar-refractivity contribution in [3.8, 4) is 0 Å². The van der Waals surface area contributed by atoms with E-state index >= 15 is 0 Å². The molecule has 14 nitrogen and oxygen atoms in total. The minimum Gasteiger partial charge on any atom is -0.460 e. The van der Waals surface area contributed by atoms with Crippen molar-refractivity contribution in [2.45, 2.75) is 43.6 Å². The van der Waals surface area contributed by atoms with Gasteiger partial charge < -0.3 is 39.1 Å². The average Bonchev–Trinajstić information content (AvgIpc) is 3.52. The van der Waals surface area contributed by atoms with Crippen LogP contribution in [0, 0.1) is 0 Å². The van der Waals surface area contributed by atoms with E-state index in [2.05, 4.69) is 17.2 Å². The van der Waals surface area contributed by atoms with Gasteiger partial charge in [-0.15, -0.1) is 0 Å². The van der Waals surface area contributed by atoms with Gasteiger partial charge in [-0.3, -0.25) is 4.79 Å². The number of amides is 2. The van der Waals surface area contributed by atoms with Gasteiger partial charge >= 0.3 is 30.0 Å². The molecule has 0 aromatic heterocycles. The lowest BCUT2D eigenvalue weighted by molar-refractivity contribution is -0.147. The topological polar surface area (TPSA) is 182 Å². The zero-order valence-corrected chi connectivity index (χ0v) is 29.4. The van der Waals surface area contributed by atoms with Gasteiger partial charge in [0.25, 0.3) is 0 Å². The van der Waals surface area contributed by atoms with Crippen LogP contribution in [0.25, 0.3) is 0 Å². The van der Waals surface area contributed by atoms with Crippen LogP contribution in [0.15, 0.2) is 134 Å². The molecule has 5 rings (SSSR count). The summed E-state index contributed by atoms with van der Waals surface area (Å²) < 4.78 is 33.6. The van der Waals surface area contributed by atoms with Crippen molar-refractivity contribution in [3.63, 3.8) is 0 Å². The zero-order valence-electron chi connectivity index (χ0n) is 29.4. The van der Waals surface area contributed by atoms with Crippen LogP contribution in [-0.4, -0.2) is 79.7 Å². The Balaban J connectivity index is 1.37. The van der Waals surface area contributed by atoms with Crippen LogP contribution in [0.1, 0.15) is 43.1 Å². The summed E-state index contributed by atoms with van der Waals surface area (Å²) in [5, 5.41) is 4.90. The maximum Gasteiger partial charge on any atom is 0.408 e. The van der Waals surface area contributed by atoms with Crippen LogP contribution in [0.4, 0.5) is 4.79 Å². The van der Waals surface area contributed by atoms with Crippen LogP contribution in [0.3, 0.4) is 0 Å². The number of rotatable bonds is 16. The highest BCUT2D eigenvalue weighted by Crippen LogP contribution is 2.28. The maximum absolute atomic E-state index is 13.6. The van der Waals surface area contributed by atoms with Gasteiger partial charge in [0, 0.05) is 0 Å². The molecule has 2 N–H and O–H groups in total. The molecule has 1 aliphatic rings. The summed E-state index contributed by atoms with van der Waals surface area (Å²) >= 11 is 0. The maximum atomic E-state index is 13.6. The number of ether oxygens (including phenoxy) is 6. The summed E-state index contributed by atoms with van der Waals surface area (Å²) in [5.41, 5.74) is 1.22. The van der Waals surface area contributed by atoms with Crippen LogP contribution >= 0.6 is 0 Å². The molecule has 1 saturated heterocycles. The molecule has 0 radical (unpaired) electrons. The Bertz CT molecular complexity index is 1930.